The van der Waals surface area contributed by atoms with E-state index in [0.29, 0.717) is 5.02 Å². The number of nitrogens with zero attached hydrogens (tertiary/aromatic N) is 1. The molecule has 1 N–H and O–H groups in total. The highest BCUT2D eigenvalue weighted by Crippen LogP contribution is 2.23. The standard InChI is InChI=1S/C12H10Cl2N2O3/c1-6-11(18)15-10(17)5-16(6)12(19)8-4-7(13)2-3-9(8)14/h2-4,6H,5H2,1H3,(H,15,17,18). The van der Waals surface area contributed by atoms with Crippen molar-refractivity contribution in [2.75, 3.05) is 6.54 Å². The topological polar surface area (TPSA) is 66.5 Å². The van der Waals surface area contributed by atoms with E-state index in [0.717, 1.165) is 0 Å². The molecule has 0 saturated carbocycles. The molecule has 3 amide bonds. The van der Waals surface area contributed by atoms with Gasteiger partial charge in [-0.1, -0.05) is 23.2 Å². The number of imide groups is 1. The maximum atomic E-state index is 12.3. The number of rotatable bonds is 1. The normalized spacial score (nSPS) is 19.3. The molecule has 1 aliphatic rings. The Morgan fingerprint density at radius 2 is 2.05 bits per heavy atom. The Hall–Kier alpha value is -1.59. The summed E-state index contributed by atoms with van der Waals surface area (Å²) in [4.78, 5) is 36.3. The van der Waals surface area contributed by atoms with Crippen LogP contribution < -0.4 is 5.32 Å². The molecule has 1 heterocycles. The zero-order valence-electron chi connectivity index (χ0n) is 9.94. The van der Waals surface area contributed by atoms with Gasteiger partial charge in [-0.25, -0.2) is 0 Å². The van der Waals surface area contributed by atoms with Crippen LogP contribution >= 0.6 is 23.2 Å². The Labute approximate surface area is 119 Å². The molecule has 1 fully saturated rings. The van der Waals surface area contributed by atoms with Crippen LogP contribution in [-0.4, -0.2) is 35.2 Å². The number of halogens is 2. The zero-order chi connectivity index (χ0) is 14.2. The Kier molecular flexibility index (Phi) is 3.78. The van der Waals surface area contributed by atoms with Crippen LogP contribution in [0.15, 0.2) is 18.2 Å². The molecule has 1 aromatic carbocycles. The molecule has 0 bridgehead atoms. The van der Waals surface area contributed by atoms with Gasteiger partial charge in [0.25, 0.3) is 5.91 Å². The van der Waals surface area contributed by atoms with E-state index >= 15 is 0 Å². The Balaban J connectivity index is 2.35. The van der Waals surface area contributed by atoms with Gasteiger partial charge in [-0.05, 0) is 25.1 Å². The highest BCUT2D eigenvalue weighted by atomic mass is 35.5. The van der Waals surface area contributed by atoms with Crippen LogP contribution in [0.4, 0.5) is 0 Å². The minimum Gasteiger partial charge on any atom is -0.318 e. The van der Waals surface area contributed by atoms with Gasteiger partial charge in [-0.2, -0.15) is 0 Å². The molecular weight excluding hydrogens is 291 g/mol. The number of hydrogen-bond acceptors (Lipinski definition) is 3. The van der Waals surface area contributed by atoms with Crippen molar-refractivity contribution < 1.29 is 14.4 Å². The molecule has 1 aromatic rings. The van der Waals surface area contributed by atoms with Crippen LogP contribution in [0.5, 0.6) is 0 Å². The van der Waals surface area contributed by atoms with Crippen LogP contribution in [0, 0.1) is 0 Å². The van der Waals surface area contributed by atoms with Crippen LogP contribution in [0.1, 0.15) is 17.3 Å². The van der Waals surface area contributed by atoms with Crippen LogP contribution in [0.25, 0.3) is 0 Å². The van der Waals surface area contributed by atoms with Gasteiger partial charge in [0.15, 0.2) is 0 Å². The minimum atomic E-state index is -0.736. The van der Waals surface area contributed by atoms with Gasteiger partial charge in [0, 0.05) is 5.02 Å². The van der Waals surface area contributed by atoms with Crippen molar-refractivity contribution >= 4 is 40.9 Å². The molecule has 1 unspecified atom stereocenters. The predicted octanol–water partition coefficient (Wildman–Crippen LogP) is 1.48. The van der Waals surface area contributed by atoms with Gasteiger partial charge >= 0.3 is 0 Å². The van der Waals surface area contributed by atoms with E-state index in [2.05, 4.69) is 5.32 Å². The summed E-state index contributed by atoms with van der Waals surface area (Å²) in [7, 11) is 0. The summed E-state index contributed by atoms with van der Waals surface area (Å²) in [6.07, 6.45) is 0. The first-order valence-corrected chi connectivity index (χ1v) is 6.25. The van der Waals surface area contributed by atoms with Crippen LogP contribution in [-0.2, 0) is 9.59 Å². The lowest BCUT2D eigenvalue weighted by Crippen LogP contribution is -2.58. The summed E-state index contributed by atoms with van der Waals surface area (Å²) < 4.78 is 0. The molecule has 7 heteroatoms. The maximum absolute atomic E-state index is 12.3. The highest BCUT2D eigenvalue weighted by Gasteiger charge is 2.34. The molecule has 1 saturated heterocycles. The second-order valence-electron chi connectivity index (χ2n) is 4.15. The maximum Gasteiger partial charge on any atom is 0.256 e. The number of nitrogens with one attached hydrogen (secondary N) is 1. The molecule has 0 spiro atoms. The minimum absolute atomic E-state index is 0.170. The fraction of sp³-hybridized carbons (Fsp3) is 0.250. The largest absolute Gasteiger partial charge is 0.318 e. The summed E-state index contributed by atoms with van der Waals surface area (Å²) in [5.74, 6) is -1.53. The van der Waals surface area contributed by atoms with E-state index in [1.54, 1.807) is 6.07 Å². The number of amides is 3. The van der Waals surface area contributed by atoms with E-state index in [9.17, 15) is 14.4 Å². The monoisotopic (exact) mass is 300 g/mol. The van der Waals surface area contributed by atoms with Crippen LogP contribution in [0.3, 0.4) is 0 Å². The second kappa shape index (κ2) is 5.19. The molecule has 0 radical (unpaired) electrons. The van der Waals surface area contributed by atoms with E-state index in [4.69, 9.17) is 23.2 Å². The predicted molar refractivity (Wildman–Crippen MR) is 70.1 cm³/mol. The lowest BCUT2D eigenvalue weighted by molar-refractivity contribution is -0.138. The molecule has 0 aliphatic carbocycles. The fourth-order valence-corrected chi connectivity index (χ4v) is 2.15. The van der Waals surface area contributed by atoms with Gasteiger partial charge in [0.05, 0.1) is 10.6 Å². The van der Waals surface area contributed by atoms with E-state index < -0.39 is 23.8 Å². The fourth-order valence-electron chi connectivity index (χ4n) is 1.78. The third kappa shape index (κ3) is 2.72. The van der Waals surface area contributed by atoms with E-state index in [-0.39, 0.29) is 17.1 Å². The van der Waals surface area contributed by atoms with Crippen LogP contribution in [0.2, 0.25) is 10.0 Å². The van der Waals surface area contributed by atoms with Crippen molar-refractivity contribution in [1.82, 2.24) is 10.2 Å². The number of piperazine rings is 1. The molecule has 0 aromatic heterocycles. The molecule has 1 aliphatic heterocycles. The molecule has 1 atom stereocenters. The van der Waals surface area contributed by atoms with Gasteiger partial charge in [-0.15, -0.1) is 0 Å². The van der Waals surface area contributed by atoms with Crippen molar-refractivity contribution in [2.24, 2.45) is 0 Å². The SMILES string of the molecule is CC1C(=O)NC(=O)CN1C(=O)c1cc(Cl)ccc1Cl. The Morgan fingerprint density at radius 3 is 2.74 bits per heavy atom. The second-order valence-corrected chi connectivity index (χ2v) is 4.99. The smallest absolute Gasteiger partial charge is 0.256 e. The molecule has 100 valence electrons. The molecular formula is C12H10Cl2N2O3. The average Bonchev–Trinajstić information content (AvgIpc) is 2.36. The Morgan fingerprint density at radius 1 is 1.37 bits per heavy atom. The third-order valence-electron chi connectivity index (χ3n) is 2.84. The lowest BCUT2D eigenvalue weighted by atomic mass is 10.1. The van der Waals surface area contributed by atoms with Crippen molar-refractivity contribution in [3.8, 4) is 0 Å². The summed E-state index contributed by atoms with van der Waals surface area (Å²) >= 11 is 11.8. The summed E-state index contributed by atoms with van der Waals surface area (Å²) in [5.41, 5.74) is 0.170. The quantitative estimate of drug-likeness (QED) is 0.799. The summed E-state index contributed by atoms with van der Waals surface area (Å²) in [6.45, 7) is 1.35. The van der Waals surface area contributed by atoms with Crippen molar-refractivity contribution in [3.05, 3.63) is 33.8 Å². The third-order valence-corrected chi connectivity index (χ3v) is 3.41. The lowest BCUT2D eigenvalue weighted by Gasteiger charge is -2.31. The van der Waals surface area contributed by atoms with Gasteiger partial charge in [0.2, 0.25) is 11.8 Å². The van der Waals surface area contributed by atoms with E-state index in [1.165, 1.54) is 24.0 Å². The van der Waals surface area contributed by atoms with E-state index in [1.807, 2.05) is 0 Å². The van der Waals surface area contributed by atoms with Gasteiger partial charge in [-0.3, -0.25) is 19.7 Å². The highest BCUT2D eigenvalue weighted by molar-refractivity contribution is 6.35. The number of carbonyl (C=O) groups excluding carboxylic acids is 3. The van der Waals surface area contributed by atoms with Gasteiger partial charge in [0.1, 0.15) is 12.6 Å². The first-order chi connectivity index (χ1) is 8.90. The number of carbonyl (C=O) groups is 3. The first kappa shape index (κ1) is 13.8. The zero-order valence-corrected chi connectivity index (χ0v) is 11.5. The first-order valence-electron chi connectivity index (χ1n) is 5.50. The van der Waals surface area contributed by atoms with Gasteiger partial charge < -0.3 is 4.90 Å². The van der Waals surface area contributed by atoms with Crippen molar-refractivity contribution in [1.29, 1.82) is 0 Å². The molecule has 2 rings (SSSR count). The summed E-state index contributed by atoms with van der Waals surface area (Å²) in [5, 5.41) is 2.74. The van der Waals surface area contributed by atoms with Crippen molar-refractivity contribution in [2.45, 2.75) is 13.0 Å². The van der Waals surface area contributed by atoms with Crippen molar-refractivity contribution in [3.63, 3.8) is 0 Å². The summed E-state index contributed by atoms with van der Waals surface area (Å²) in [6, 6.07) is 3.72. The average molecular weight is 301 g/mol. The molecule has 19 heavy (non-hydrogen) atoms. The number of hydrogen-bond donors (Lipinski definition) is 1. The number of benzene rings is 1. The molecule has 5 nitrogen and oxygen atoms in total. The Bertz CT molecular complexity index is 574.